The molecular weight excluding hydrogens is 226 g/mol. The average molecular weight is 241 g/mol. The average Bonchev–Trinajstić information content (AvgIpc) is 2.56. The van der Waals surface area contributed by atoms with E-state index in [1.807, 2.05) is 24.4 Å². The molecule has 0 saturated heterocycles. The predicted molar refractivity (Wildman–Crippen MR) is 71.8 cm³/mol. The normalized spacial score (nSPS) is 33.0. The van der Waals surface area contributed by atoms with Gasteiger partial charge >= 0.3 is 0 Å². The van der Waals surface area contributed by atoms with Crippen LogP contribution in [0.3, 0.4) is 0 Å². The fourth-order valence-corrected chi connectivity index (χ4v) is 2.52. The van der Waals surface area contributed by atoms with Crippen LogP contribution in [0.25, 0.3) is 0 Å². The van der Waals surface area contributed by atoms with Crippen molar-refractivity contribution in [3.63, 3.8) is 0 Å². The minimum absolute atomic E-state index is 0.0838. The van der Waals surface area contributed by atoms with Crippen molar-refractivity contribution in [3.8, 4) is 0 Å². The van der Waals surface area contributed by atoms with E-state index >= 15 is 0 Å². The van der Waals surface area contributed by atoms with Gasteiger partial charge < -0.3 is 5.73 Å². The van der Waals surface area contributed by atoms with Crippen molar-refractivity contribution in [1.82, 2.24) is 0 Å². The third-order valence-corrected chi connectivity index (χ3v) is 3.56. The number of amides is 1. The van der Waals surface area contributed by atoms with Gasteiger partial charge in [-0.05, 0) is 6.42 Å². The lowest BCUT2D eigenvalue weighted by Crippen LogP contribution is -2.28. The van der Waals surface area contributed by atoms with Crippen LogP contribution in [-0.4, -0.2) is 29.9 Å². The summed E-state index contributed by atoms with van der Waals surface area (Å²) >= 11 is 0. The van der Waals surface area contributed by atoms with E-state index < -0.39 is 0 Å². The Balaban J connectivity index is 1.93. The van der Waals surface area contributed by atoms with Crippen LogP contribution in [0.1, 0.15) is 12.8 Å². The van der Waals surface area contributed by atoms with Crippen molar-refractivity contribution >= 4 is 17.8 Å². The van der Waals surface area contributed by atoms with Gasteiger partial charge in [0.1, 0.15) is 0 Å². The number of allylic oxidation sites excluding steroid dienone is 2. The lowest BCUT2D eigenvalue weighted by Gasteiger charge is -2.20. The van der Waals surface area contributed by atoms with Crippen LogP contribution < -0.4 is 5.73 Å². The third-order valence-electron chi connectivity index (χ3n) is 3.56. The van der Waals surface area contributed by atoms with Crippen LogP contribution in [0.4, 0.5) is 0 Å². The number of carbonyl (C=O) groups is 1. The highest BCUT2D eigenvalue weighted by molar-refractivity contribution is 6.04. The molecule has 0 spiro atoms. The number of hydrogen-bond acceptors (Lipinski definition) is 3. The Bertz CT molecular complexity index is 525. The molecule has 1 amide bonds. The first-order chi connectivity index (χ1) is 8.74. The van der Waals surface area contributed by atoms with E-state index in [0.29, 0.717) is 12.0 Å². The SMILES string of the molecule is NC(=O)C1=CCC2N=CC3C=CC=CC3N=C2C1. The molecule has 2 aliphatic carbocycles. The molecule has 92 valence electrons. The van der Waals surface area contributed by atoms with Gasteiger partial charge in [-0.2, -0.15) is 0 Å². The Hall–Kier alpha value is -1.97. The van der Waals surface area contributed by atoms with Gasteiger partial charge in [0.25, 0.3) is 0 Å². The van der Waals surface area contributed by atoms with Crippen LogP contribution in [0.2, 0.25) is 0 Å². The first-order valence-corrected chi connectivity index (χ1v) is 6.18. The molecule has 3 rings (SSSR count). The Morgan fingerprint density at radius 1 is 1.33 bits per heavy atom. The number of hydrogen-bond donors (Lipinski definition) is 1. The molecule has 3 aliphatic rings. The Morgan fingerprint density at radius 2 is 2.17 bits per heavy atom. The van der Waals surface area contributed by atoms with Crippen molar-refractivity contribution in [2.75, 3.05) is 0 Å². The van der Waals surface area contributed by atoms with Crippen molar-refractivity contribution < 1.29 is 4.79 Å². The first-order valence-electron chi connectivity index (χ1n) is 6.18. The molecule has 18 heavy (non-hydrogen) atoms. The molecule has 0 radical (unpaired) electrons. The molecule has 3 atom stereocenters. The van der Waals surface area contributed by atoms with Gasteiger partial charge in [0, 0.05) is 29.8 Å². The molecule has 0 aromatic heterocycles. The lowest BCUT2D eigenvalue weighted by molar-refractivity contribution is -0.114. The van der Waals surface area contributed by atoms with Gasteiger partial charge in [-0.25, -0.2) is 0 Å². The van der Waals surface area contributed by atoms with Crippen LogP contribution in [0.5, 0.6) is 0 Å². The molecule has 4 nitrogen and oxygen atoms in total. The van der Waals surface area contributed by atoms with Crippen LogP contribution in [-0.2, 0) is 4.79 Å². The number of nitrogens with zero attached hydrogens (tertiary/aromatic N) is 2. The minimum atomic E-state index is -0.347. The number of carbonyl (C=O) groups excluding carboxylic acids is 1. The molecule has 0 saturated carbocycles. The Morgan fingerprint density at radius 3 is 3.00 bits per heavy atom. The van der Waals surface area contributed by atoms with Crippen molar-refractivity contribution in [1.29, 1.82) is 0 Å². The van der Waals surface area contributed by atoms with Gasteiger partial charge in [0.2, 0.25) is 5.91 Å². The second kappa shape index (κ2) is 4.37. The maximum Gasteiger partial charge on any atom is 0.244 e. The fraction of sp³-hybridized carbons (Fsp3) is 0.357. The van der Waals surface area contributed by atoms with Gasteiger partial charge in [-0.1, -0.05) is 30.4 Å². The predicted octanol–water partition coefficient (Wildman–Crippen LogP) is 1.20. The molecule has 1 aliphatic heterocycles. The summed E-state index contributed by atoms with van der Waals surface area (Å²) in [6.07, 6.45) is 13.4. The zero-order valence-corrected chi connectivity index (χ0v) is 9.99. The molecule has 0 aromatic rings. The quantitative estimate of drug-likeness (QED) is 0.736. The number of nitrogens with two attached hydrogens (primary N) is 1. The molecule has 0 aromatic carbocycles. The van der Waals surface area contributed by atoms with E-state index in [-0.39, 0.29) is 23.9 Å². The maximum atomic E-state index is 11.2. The van der Waals surface area contributed by atoms with E-state index in [1.54, 1.807) is 0 Å². The molecule has 0 fully saturated rings. The molecule has 4 heteroatoms. The summed E-state index contributed by atoms with van der Waals surface area (Å²) in [4.78, 5) is 20.6. The Labute approximate surface area is 106 Å². The summed E-state index contributed by atoms with van der Waals surface area (Å²) in [7, 11) is 0. The standard InChI is InChI=1S/C14H15N3O/c15-14(18)9-5-6-12-13(7-9)17-11-4-2-1-3-10(11)8-16-12/h1-5,8,10-12H,6-7H2,(H2,15,18). The van der Waals surface area contributed by atoms with Crippen LogP contribution >= 0.6 is 0 Å². The second-order valence-corrected chi connectivity index (χ2v) is 4.78. The summed E-state index contributed by atoms with van der Waals surface area (Å²) in [5.41, 5.74) is 6.98. The number of fused-ring (bicyclic) bond motifs is 2. The van der Waals surface area contributed by atoms with Gasteiger partial charge in [0.15, 0.2) is 0 Å². The third kappa shape index (κ3) is 1.94. The zero-order valence-electron chi connectivity index (χ0n) is 9.99. The molecular formula is C14H15N3O. The number of primary amides is 1. The summed E-state index contributed by atoms with van der Waals surface area (Å²) in [6, 6.07) is 0.200. The summed E-state index contributed by atoms with van der Waals surface area (Å²) < 4.78 is 0. The first kappa shape index (κ1) is 11.1. The van der Waals surface area contributed by atoms with Crippen LogP contribution in [0.15, 0.2) is 45.9 Å². The molecule has 1 heterocycles. The summed E-state index contributed by atoms with van der Waals surface area (Å²) in [5.74, 6) is -0.106. The minimum Gasteiger partial charge on any atom is -0.366 e. The highest BCUT2D eigenvalue weighted by Gasteiger charge is 2.27. The maximum absolute atomic E-state index is 11.2. The van der Waals surface area contributed by atoms with E-state index in [0.717, 1.165) is 12.1 Å². The number of rotatable bonds is 1. The van der Waals surface area contributed by atoms with E-state index in [4.69, 9.17) is 10.7 Å². The lowest BCUT2D eigenvalue weighted by atomic mass is 9.92. The smallest absolute Gasteiger partial charge is 0.244 e. The fourth-order valence-electron chi connectivity index (χ4n) is 2.52. The topological polar surface area (TPSA) is 67.8 Å². The molecule has 2 N–H and O–H groups in total. The van der Waals surface area contributed by atoms with Gasteiger partial charge in [0.05, 0.1) is 12.1 Å². The molecule has 3 unspecified atom stereocenters. The van der Waals surface area contributed by atoms with Crippen molar-refractivity contribution in [2.45, 2.75) is 24.9 Å². The van der Waals surface area contributed by atoms with Crippen molar-refractivity contribution in [2.24, 2.45) is 21.6 Å². The van der Waals surface area contributed by atoms with Gasteiger partial charge in [-0.15, -0.1) is 0 Å². The van der Waals surface area contributed by atoms with E-state index in [1.165, 1.54) is 0 Å². The van der Waals surface area contributed by atoms with Gasteiger partial charge in [-0.3, -0.25) is 14.8 Å². The van der Waals surface area contributed by atoms with E-state index in [9.17, 15) is 4.79 Å². The summed E-state index contributed by atoms with van der Waals surface area (Å²) in [5, 5.41) is 0. The largest absolute Gasteiger partial charge is 0.366 e. The summed E-state index contributed by atoms with van der Waals surface area (Å²) in [6.45, 7) is 0. The highest BCUT2D eigenvalue weighted by atomic mass is 16.1. The zero-order chi connectivity index (χ0) is 12.5. The second-order valence-electron chi connectivity index (χ2n) is 4.78. The molecule has 0 bridgehead atoms. The van der Waals surface area contributed by atoms with Crippen LogP contribution in [0, 0.1) is 5.92 Å². The number of aliphatic imine (C=N–C) groups is 2. The van der Waals surface area contributed by atoms with E-state index in [2.05, 4.69) is 17.1 Å². The monoisotopic (exact) mass is 241 g/mol. The highest BCUT2D eigenvalue weighted by Crippen LogP contribution is 2.25. The Kier molecular flexibility index (Phi) is 2.70. The van der Waals surface area contributed by atoms with Crippen molar-refractivity contribution in [3.05, 3.63) is 36.0 Å².